The molecule has 0 aliphatic carbocycles. The van der Waals surface area contributed by atoms with E-state index in [-0.39, 0.29) is 12.5 Å². The predicted molar refractivity (Wildman–Crippen MR) is 190 cm³/mol. The minimum absolute atomic E-state index is 0.159. The number of rotatable bonds is 35. The van der Waals surface area contributed by atoms with Crippen LogP contribution in [0.4, 0.5) is 0 Å². The van der Waals surface area contributed by atoms with Crippen LogP contribution in [0.2, 0.25) is 0 Å². The lowest BCUT2D eigenvalue weighted by atomic mass is 9.99. The molecule has 3 unspecified atom stereocenters. The van der Waals surface area contributed by atoms with Crippen LogP contribution in [-0.2, 0) is 4.79 Å². The van der Waals surface area contributed by atoms with Crippen LogP contribution < -0.4 is 5.32 Å². The first-order valence-corrected chi connectivity index (χ1v) is 19.5. The van der Waals surface area contributed by atoms with Crippen molar-refractivity contribution in [1.29, 1.82) is 0 Å². The summed E-state index contributed by atoms with van der Waals surface area (Å²) in [6.45, 7) is 4.12. The van der Waals surface area contributed by atoms with Crippen molar-refractivity contribution in [2.75, 3.05) is 6.61 Å². The maximum absolute atomic E-state index is 12.3. The molecule has 0 aromatic heterocycles. The van der Waals surface area contributed by atoms with Gasteiger partial charge in [-0.1, -0.05) is 180 Å². The maximum atomic E-state index is 12.3. The van der Waals surface area contributed by atoms with Gasteiger partial charge in [0, 0.05) is 6.42 Å². The molecule has 0 fully saturated rings. The molecule has 262 valence electrons. The number of aliphatic hydroxyl groups is 3. The van der Waals surface area contributed by atoms with Crippen LogP contribution in [-0.4, -0.2) is 46.1 Å². The van der Waals surface area contributed by atoms with Gasteiger partial charge in [-0.2, -0.15) is 0 Å². The van der Waals surface area contributed by atoms with E-state index >= 15 is 0 Å². The van der Waals surface area contributed by atoms with Crippen molar-refractivity contribution in [1.82, 2.24) is 5.32 Å². The van der Waals surface area contributed by atoms with Gasteiger partial charge in [0.25, 0.3) is 0 Å². The molecule has 0 saturated carbocycles. The minimum atomic E-state index is -1.14. The standard InChI is InChI=1S/C39H77NO4/c1-3-5-7-9-11-13-15-16-17-18-19-20-21-22-23-24-25-27-29-31-33-37(42)39(44)36(35-41)40-38(43)34-32-30-28-26-14-12-10-8-6-4-2/h10,12,36-37,39,41-42,44H,3-9,11,13-35H2,1-2H3,(H,40,43)/b12-10-. The van der Waals surface area contributed by atoms with Crippen LogP contribution >= 0.6 is 0 Å². The third-order valence-corrected chi connectivity index (χ3v) is 9.12. The summed E-state index contributed by atoms with van der Waals surface area (Å²) in [5.41, 5.74) is 0. The molecule has 0 aromatic carbocycles. The van der Waals surface area contributed by atoms with Crippen molar-refractivity contribution < 1.29 is 20.1 Å². The van der Waals surface area contributed by atoms with Crippen molar-refractivity contribution in [3.05, 3.63) is 12.2 Å². The highest BCUT2D eigenvalue weighted by molar-refractivity contribution is 5.76. The Balaban J connectivity index is 3.60. The fraction of sp³-hybridized carbons (Fsp3) is 0.923. The van der Waals surface area contributed by atoms with E-state index in [0.717, 1.165) is 51.4 Å². The SMILES string of the molecule is CCCC/C=C\CCCCCCC(=O)NC(CO)C(O)C(O)CCCCCCCCCCCCCCCCCCCCCC. The summed E-state index contributed by atoms with van der Waals surface area (Å²) in [5.74, 6) is -0.159. The summed E-state index contributed by atoms with van der Waals surface area (Å²) in [6, 6.07) is -0.809. The second-order valence-electron chi connectivity index (χ2n) is 13.5. The predicted octanol–water partition coefficient (Wildman–Crippen LogP) is 10.5. The molecule has 5 nitrogen and oxygen atoms in total. The molecule has 5 heteroatoms. The van der Waals surface area contributed by atoms with Crippen molar-refractivity contribution in [3.63, 3.8) is 0 Å². The van der Waals surface area contributed by atoms with E-state index in [0.29, 0.717) is 12.8 Å². The van der Waals surface area contributed by atoms with Gasteiger partial charge in [-0.25, -0.2) is 0 Å². The Morgan fingerprint density at radius 2 is 0.932 bits per heavy atom. The van der Waals surface area contributed by atoms with Crippen molar-refractivity contribution >= 4 is 5.91 Å². The highest BCUT2D eigenvalue weighted by atomic mass is 16.3. The summed E-state index contributed by atoms with van der Waals surface area (Å²) >= 11 is 0. The smallest absolute Gasteiger partial charge is 0.220 e. The monoisotopic (exact) mass is 624 g/mol. The van der Waals surface area contributed by atoms with Gasteiger partial charge in [-0.15, -0.1) is 0 Å². The molecule has 4 N–H and O–H groups in total. The van der Waals surface area contributed by atoms with Gasteiger partial charge in [0.15, 0.2) is 0 Å². The fourth-order valence-corrected chi connectivity index (χ4v) is 6.02. The third-order valence-electron chi connectivity index (χ3n) is 9.12. The molecule has 0 aromatic rings. The Kier molecular flexibility index (Phi) is 34.2. The van der Waals surface area contributed by atoms with Gasteiger partial charge in [0.2, 0.25) is 5.91 Å². The van der Waals surface area contributed by atoms with Crippen LogP contribution in [0.3, 0.4) is 0 Å². The van der Waals surface area contributed by atoms with E-state index in [2.05, 4.69) is 31.3 Å². The van der Waals surface area contributed by atoms with Crippen LogP contribution in [0.1, 0.15) is 206 Å². The topological polar surface area (TPSA) is 89.8 Å². The quantitative estimate of drug-likeness (QED) is 0.0418. The summed E-state index contributed by atoms with van der Waals surface area (Å²) in [6.07, 6.45) is 38.9. The van der Waals surface area contributed by atoms with Gasteiger partial charge < -0.3 is 20.6 Å². The average Bonchev–Trinajstić information content (AvgIpc) is 3.03. The Morgan fingerprint density at radius 3 is 1.39 bits per heavy atom. The molecule has 0 aliphatic rings. The zero-order chi connectivity index (χ0) is 32.4. The van der Waals surface area contributed by atoms with Gasteiger partial charge in [0.1, 0.15) is 6.10 Å². The van der Waals surface area contributed by atoms with E-state index < -0.39 is 18.2 Å². The summed E-state index contributed by atoms with van der Waals surface area (Å²) < 4.78 is 0. The molecule has 0 saturated heterocycles. The van der Waals surface area contributed by atoms with E-state index in [4.69, 9.17) is 0 Å². The number of carbonyl (C=O) groups is 1. The molecule has 1 amide bonds. The lowest BCUT2D eigenvalue weighted by Gasteiger charge is -2.26. The van der Waals surface area contributed by atoms with Crippen LogP contribution in [0.25, 0.3) is 0 Å². The van der Waals surface area contributed by atoms with Crippen LogP contribution in [0.15, 0.2) is 12.2 Å². The van der Waals surface area contributed by atoms with Crippen molar-refractivity contribution in [2.45, 2.75) is 225 Å². The largest absolute Gasteiger partial charge is 0.394 e. The highest BCUT2D eigenvalue weighted by Gasteiger charge is 2.26. The molecule has 3 atom stereocenters. The van der Waals surface area contributed by atoms with Crippen molar-refractivity contribution in [2.24, 2.45) is 0 Å². The Hall–Kier alpha value is -0.910. The van der Waals surface area contributed by atoms with E-state index in [1.165, 1.54) is 128 Å². The lowest BCUT2D eigenvalue weighted by Crippen LogP contribution is -2.50. The molecule has 0 bridgehead atoms. The lowest BCUT2D eigenvalue weighted by molar-refractivity contribution is -0.124. The van der Waals surface area contributed by atoms with E-state index in [1.807, 2.05) is 0 Å². The minimum Gasteiger partial charge on any atom is -0.394 e. The fourth-order valence-electron chi connectivity index (χ4n) is 6.02. The molecule has 44 heavy (non-hydrogen) atoms. The van der Waals surface area contributed by atoms with Gasteiger partial charge >= 0.3 is 0 Å². The number of hydrogen-bond donors (Lipinski definition) is 4. The molecule has 0 rings (SSSR count). The van der Waals surface area contributed by atoms with E-state index in [9.17, 15) is 20.1 Å². The maximum Gasteiger partial charge on any atom is 0.220 e. The second kappa shape index (κ2) is 35.0. The average molecular weight is 624 g/mol. The Bertz CT molecular complexity index is 611. The first-order chi connectivity index (χ1) is 21.6. The third kappa shape index (κ3) is 29.8. The number of amides is 1. The van der Waals surface area contributed by atoms with E-state index in [1.54, 1.807) is 0 Å². The van der Waals surface area contributed by atoms with Gasteiger partial charge in [-0.3, -0.25) is 4.79 Å². The molecule has 0 heterocycles. The number of hydrogen-bond acceptors (Lipinski definition) is 4. The molecular weight excluding hydrogens is 546 g/mol. The first kappa shape index (κ1) is 43.1. The van der Waals surface area contributed by atoms with Gasteiger partial charge in [0.05, 0.1) is 18.8 Å². The molecule has 0 aliphatic heterocycles. The highest BCUT2D eigenvalue weighted by Crippen LogP contribution is 2.16. The Labute approximate surface area is 274 Å². The number of aliphatic hydroxyl groups excluding tert-OH is 3. The van der Waals surface area contributed by atoms with Crippen molar-refractivity contribution in [3.8, 4) is 0 Å². The summed E-state index contributed by atoms with van der Waals surface area (Å²) in [4.78, 5) is 12.3. The molecular formula is C39H77NO4. The molecule has 0 radical (unpaired) electrons. The summed E-state index contributed by atoms with van der Waals surface area (Å²) in [5, 5.41) is 33.3. The number of carbonyl (C=O) groups excluding carboxylic acids is 1. The number of nitrogens with one attached hydrogen (secondary N) is 1. The molecule has 0 spiro atoms. The number of allylic oxidation sites excluding steroid dienone is 2. The van der Waals surface area contributed by atoms with Crippen LogP contribution in [0, 0.1) is 0 Å². The first-order valence-electron chi connectivity index (χ1n) is 19.5. The van der Waals surface area contributed by atoms with Gasteiger partial charge in [-0.05, 0) is 32.1 Å². The summed E-state index contributed by atoms with van der Waals surface area (Å²) in [7, 11) is 0. The number of unbranched alkanes of at least 4 members (excludes halogenated alkanes) is 25. The zero-order valence-electron chi connectivity index (χ0n) is 29.6. The van der Waals surface area contributed by atoms with Crippen LogP contribution in [0.5, 0.6) is 0 Å². The normalized spacial score (nSPS) is 13.8. The zero-order valence-corrected chi connectivity index (χ0v) is 29.6. The Morgan fingerprint density at radius 1 is 0.545 bits per heavy atom. The second-order valence-corrected chi connectivity index (χ2v) is 13.5.